The molecule has 1 aliphatic rings. The van der Waals surface area contributed by atoms with Gasteiger partial charge in [-0.2, -0.15) is 10.4 Å². The maximum Gasteiger partial charge on any atom is 0.252 e. The Morgan fingerprint density at radius 2 is 1.89 bits per heavy atom. The molecule has 1 saturated heterocycles. The Bertz CT molecular complexity index is 1290. The van der Waals surface area contributed by atoms with Gasteiger partial charge in [-0.05, 0) is 43.2 Å². The van der Waals surface area contributed by atoms with E-state index in [1.54, 1.807) is 0 Å². The Morgan fingerprint density at radius 1 is 1.20 bits per heavy atom. The Kier molecular flexibility index (Phi) is 6.93. The van der Waals surface area contributed by atoms with Crippen LogP contribution in [-0.4, -0.2) is 35.5 Å². The highest BCUT2D eigenvalue weighted by atomic mass is 19.1. The van der Waals surface area contributed by atoms with Crippen LogP contribution in [0.25, 0.3) is 11.3 Å². The van der Waals surface area contributed by atoms with Crippen molar-refractivity contribution < 1.29 is 27.4 Å². The fourth-order valence-corrected chi connectivity index (χ4v) is 4.03. The van der Waals surface area contributed by atoms with Gasteiger partial charge in [0.05, 0.1) is 18.2 Å². The number of benzene rings is 2. The van der Waals surface area contributed by atoms with E-state index in [1.807, 2.05) is 6.07 Å². The zero-order valence-electron chi connectivity index (χ0n) is 18.6. The van der Waals surface area contributed by atoms with Gasteiger partial charge in [0.2, 0.25) is 0 Å². The fourth-order valence-electron chi connectivity index (χ4n) is 4.03. The molecule has 11 heteroatoms. The summed E-state index contributed by atoms with van der Waals surface area (Å²) in [5.41, 5.74) is 11.1. The summed E-state index contributed by atoms with van der Waals surface area (Å²) in [6.45, 7) is 0.855. The van der Waals surface area contributed by atoms with E-state index in [9.17, 15) is 23.2 Å². The van der Waals surface area contributed by atoms with Gasteiger partial charge in [-0.25, -0.2) is 17.9 Å². The first-order chi connectivity index (χ1) is 16.8. The van der Waals surface area contributed by atoms with E-state index in [2.05, 4.69) is 5.10 Å². The summed E-state index contributed by atoms with van der Waals surface area (Å²) < 4.78 is 55.4. The zero-order chi connectivity index (χ0) is 25.1. The Balaban J connectivity index is 1.56. The smallest absolute Gasteiger partial charge is 0.252 e. The minimum Gasteiger partial charge on any atom is -0.492 e. The van der Waals surface area contributed by atoms with Gasteiger partial charge in [0.15, 0.2) is 0 Å². The highest BCUT2D eigenvalue weighted by Crippen LogP contribution is 2.33. The normalized spacial score (nSPS) is 14.0. The fraction of sp³-hybridized carbons (Fsp3) is 0.292. The number of nitrogens with zero attached hydrogens (tertiary/aromatic N) is 3. The van der Waals surface area contributed by atoms with Crippen LogP contribution in [0.15, 0.2) is 30.3 Å². The third-order valence-electron chi connectivity index (χ3n) is 5.83. The van der Waals surface area contributed by atoms with Gasteiger partial charge >= 0.3 is 0 Å². The first-order valence-corrected chi connectivity index (χ1v) is 10.9. The number of carbonyl (C=O) groups is 1. The highest BCUT2D eigenvalue weighted by molar-refractivity contribution is 5.95. The van der Waals surface area contributed by atoms with E-state index in [0.29, 0.717) is 26.1 Å². The van der Waals surface area contributed by atoms with Crippen molar-refractivity contribution >= 4 is 11.7 Å². The first-order valence-electron chi connectivity index (χ1n) is 10.9. The number of ether oxygens (including phenoxy) is 2. The summed E-state index contributed by atoms with van der Waals surface area (Å²) in [7, 11) is 0. The molecule has 0 radical (unpaired) electrons. The monoisotopic (exact) mass is 485 g/mol. The number of anilines is 1. The van der Waals surface area contributed by atoms with Crippen molar-refractivity contribution in [3.63, 3.8) is 0 Å². The van der Waals surface area contributed by atoms with Crippen LogP contribution in [0.5, 0.6) is 5.75 Å². The molecule has 0 unspecified atom stereocenters. The van der Waals surface area contributed by atoms with Crippen LogP contribution in [0.4, 0.5) is 19.0 Å². The SMILES string of the molecule is N#Cc1c(-c2cc(F)c(CCOc3ccc(F)cc3C(N)=O)c(F)c2)nn(C2CCOCC2)c1N. The number of rotatable bonds is 7. The number of nitrogen functional groups attached to an aromatic ring is 1. The standard InChI is InChI=1S/C24H22F3N5O3/c25-14-1-2-21(17(11-14)24(30)33)35-8-5-16-19(26)9-13(10-20(16)27)22-18(12-28)23(29)32(31-22)15-3-6-34-7-4-15/h1-2,9-11,15H,3-8,29H2,(H2,30,33). The molecule has 2 aromatic carbocycles. The topological polar surface area (TPSA) is 129 Å². The number of primary amides is 1. The summed E-state index contributed by atoms with van der Waals surface area (Å²) in [4.78, 5) is 11.5. The molecular formula is C24H22F3N5O3. The maximum atomic E-state index is 14.9. The summed E-state index contributed by atoms with van der Waals surface area (Å²) in [5, 5.41) is 14.0. The lowest BCUT2D eigenvalue weighted by Gasteiger charge is -2.23. The highest BCUT2D eigenvalue weighted by Gasteiger charge is 2.25. The van der Waals surface area contributed by atoms with Crippen molar-refractivity contribution in [2.24, 2.45) is 5.73 Å². The average molecular weight is 485 g/mol. The number of carbonyl (C=O) groups excluding carboxylic acids is 1. The molecule has 1 amide bonds. The molecule has 8 nitrogen and oxygen atoms in total. The minimum atomic E-state index is -0.894. The maximum absolute atomic E-state index is 14.9. The molecule has 4 rings (SSSR count). The average Bonchev–Trinajstić information content (AvgIpc) is 3.18. The molecule has 0 saturated carbocycles. The zero-order valence-corrected chi connectivity index (χ0v) is 18.6. The molecule has 0 spiro atoms. The van der Waals surface area contributed by atoms with Crippen molar-refractivity contribution in [3.8, 4) is 23.1 Å². The number of nitriles is 1. The van der Waals surface area contributed by atoms with Crippen LogP contribution >= 0.6 is 0 Å². The molecule has 182 valence electrons. The second kappa shape index (κ2) is 10.1. The molecule has 0 aliphatic carbocycles. The van der Waals surface area contributed by atoms with Crippen molar-refractivity contribution in [1.29, 1.82) is 5.26 Å². The van der Waals surface area contributed by atoms with Crippen LogP contribution in [0.2, 0.25) is 0 Å². The van der Waals surface area contributed by atoms with Crippen molar-refractivity contribution in [2.75, 3.05) is 25.6 Å². The van der Waals surface area contributed by atoms with Crippen molar-refractivity contribution in [3.05, 3.63) is 64.5 Å². The quantitative estimate of drug-likeness (QED) is 0.527. The molecule has 35 heavy (non-hydrogen) atoms. The van der Waals surface area contributed by atoms with Gasteiger partial charge < -0.3 is 20.9 Å². The number of aromatic nitrogens is 2. The van der Waals surface area contributed by atoms with E-state index >= 15 is 0 Å². The van der Waals surface area contributed by atoms with Gasteiger partial charge in [0, 0.05) is 30.8 Å². The number of nitrogens with two attached hydrogens (primary N) is 2. The number of hydrogen-bond acceptors (Lipinski definition) is 6. The molecule has 1 fully saturated rings. The lowest BCUT2D eigenvalue weighted by atomic mass is 10.0. The lowest BCUT2D eigenvalue weighted by Crippen LogP contribution is -2.21. The number of halogens is 3. The summed E-state index contributed by atoms with van der Waals surface area (Å²) >= 11 is 0. The van der Waals surface area contributed by atoms with Crippen molar-refractivity contribution in [1.82, 2.24) is 9.78 Å². The van der Waals surface area contributed by atoms with Gasteiger partial charge in [-0.15, -0.1) is 0 Å². The van der Waals surface area contributed by atoms with E-state index in [-0.39, 0.29) is 58.6 Å². The van der Waals surface area contributed by atoms with Gasteiger partial charge in [0.1, 0.15) is 46.3 Å². The lowest BCUT2D eigenvalue weighted by molar-refractivity contribution is 0.0669. The van der Waals surface area contributed by atoms with E-state index < -0.39 is 23.4 Å². The molecule has 4 N–H and O–H groups in total. The molecule has 0 bridgehead atoms. The van der Waals surface area contributed by atoms with Crippen LogP contribution in [0.1, 0.15) is 40.4 Å². The summed E-state index contributed by atoms with van der Waals surface area (Å²) in [5.74, 6) is -3.15. The molecular weight excluding hydrogens is 463 g/mol. The molecule has 0 atom stereocenters. The molecule has 3 aromatic rings. The second-order valence-electron chi connectivity index (χ2n) is 8.03. The van der Waals surface area contributed by atoms with Crippen LogP contribution in [0, 0.1) is 28.8 Å². The van der Waals surface area contributed by atoms with E-state index in [1.165, 1.54) is 10.7 Å². The molecule has 1 aromatic heterocycles. The Labute approximate surface area is 198 Å². The van der Waals surface area contributed by atoms with Crippen LogP contribution in [0.3, 0.4) is 0 Å². The third kappa shape index (κ3) is 4.93. The third-order valence-corrected chi connectivity index (χ3v) is 5.83. The predicted molar refractivity (Wildman–Crippen MR) is 120 cm³/mol. The van der Waals surface area contributed by atoms with Gasteiger partial charge in [0.25, 0.3) is 5.91 Å². The summed E-state index contributed by atoms with van der Waals surface area (Å²) in [6.07, 6.45) is 1.13. The van der Waals surface area contributed by atoms with Gasteiger partial charge in [-0.3, -0.25) is 4.79 Å². The first kappa shape index (κ1) is 24.1. The minimum absolute atomic E-state index is 0.00382. The largest absolute Gasteiger partial charge is 0.492 e. The molecule has 1 aliphatic heterocycles. The van der Waals surface area contributed by atoms with E-state index in [4.69, 9.17) is 20.9 Å². The predicted octanol–water partition coefficient (Wildman–Crippen LogP) is 3.49. The second-order valence-corrected chi connectivity index (χ2v) is 8.03. The van der Waals surface area contributed by atoms with Gasteiger partial charge in [-0.1, -0.05) is 0 Å². The number of hydrogen-bond donors (Lipinski definition) is 2. The van der Waals surface area contributed by atoms with Crippen LogP contribution < -0.4 is 16.2 Å². The Hall–Kier alpha value is -4.04. The van der Waals surface area contributed by atoms with Crippen molar-refractivity contribution in [2.45, 2.75) is 25.3 Å². The number of amides is 1. The van der Waals surface area contributed by atoms with E-state index in [0.717, 1.165) is 24.3 Å². The summed E-state index contributed by atoms with van der Waals surface area (Å²) in [6, 6.07) is 7.29. The van der Waals surface area contributed by atoms with Crippen LogP contribution in [-0.2, 0) is 11.2 Å². The molecule has 2 heterocycles. The Morgan fingerprint density at radius 3 is 2.51 bits per heavy atom.